The van der Waals surface area contributed by atoms with E-state index in [1.165, 1.54) is 11.3 Å². The molecule has 0 spiro atoms. The molecule has 1 N–H and O–H groups in total. The molecule has 0 aliphatic heterocycles. The maximum Gasteiger partial charge on any atom is 0.280 e. The number of carbonyl (C=O) groups is 1. The van der Waals surface area contributed by atoms with Crippen molar-refractivity contribution in [1.82, 2.24) is 10.3 Å². The fraction of sp³-hybridized carbons (Fsp3) is 0.286. The Labute approximate surface area is 121 Å². The van der Waals surface area contributed by atoms with E-state index < -0.39 is 5.54 Å². The molecule has 0 saturated carbocycles. The molecule has 1 amide bonds. The van der Waals surface area contributed by atoms with Crippen LogP contribution in [0.25, 0.3) is 0 Å². The van der Waals surface area contributed by atoms with E-state index >= 15 is 0 Å². The summed E-state index contributed by atoms with van der Waals surface area (Å²) in [5.74, 6) is -0.126. The van der Waals surface area contributed by atoms with E-state index in [1.807, 2.05) is 50.4 Å². The summed E-state index contributed by atoms with van der Waals surface area (Å²) < 4.78 is 1.04. The summed E-state index contributed by atoms with van der Waals surface area (Å²) in [5.41, 5.74) is 0.661. The number of thiazole rings is 1. The summed E-state index contributed by atoms with van der Waals surface area (Å²) in [6.07, 6.45) is 3.71. The molecule has 1 aromatic carbocycles. The summed E-state index contributed by atoms with van der Waals surface area (Å²) >= 11 is 3.01. The van der Waals surface area contributed by atoms with Gasteiger partial charge in [-0.1, -0.05) is 30.3 Å². The molecule has 5 heteroatoms. The van der Waals surface area contributed by atoms with Crippen LogP contribution in [-0.2, 0) is 5.54 Å². The number of rotatable bonds is 4. The standard InChI is InChI=1S/C14H16N2OS2/c1-14(2,10-7-5-4-6-8-10)16-12(17)13-15-9-11(18-3)19-13/h4-9H,1-3H3,(H,16,17). The lowest BCUT2D eigenvalue weighted by molar-refractivity contribution is 0.0911. The van der Waals surface area contributed by atoms with Gasteiger partial charge >= 0.3 is 0 Å². The lowest BCUT2D eigenvalue weighted by Crippen LogP contribution is -2.40. The van der Waals surface area contributed by atoms with Crippen LogP contribution in [0.3, 0.4) is 0 Å². The van der Waals surface area contributed by atoms with Gasteiger partial charge in [-0.3, -0.25) is 4.79 Å². The van der Waals surface area contributed by atoms with Crippen molar-refractivity contribution in [1.29, 1.82) is 0 Å². The fourth-order valence-electron chi connectivity index (χ4n) is 1.72. The van der Waals surface area contributed by atoms with Crippen molar-refractivity contribution < 1.29 is 4.79 Å². The Kier molecular flexibility index (Phi) is 4.27. The summed E-state index contributed by atoms with van der Waals surface area (Å²) in [6.45, 7) is 3.98. The highest BCUT2D eigenvalue weighted by atomic mass is 32.2. The van der Waals surface area contributed by atoms with Crippen LogP contribution in [0.4, 0.5) is 0 Å². The van der Waals surface area contributed by atoms with Gasteiger partial charge in [0.15, 0.2) is 5.01 Å². The Bertz CT molecular complexity index is 564. The number of thioether (sulfide) groups is 1. The number of benzene rings is 1. The molecule has 19 heavy (non-hydrogen) atoms. The van der Waals surface area contributed by atoms with Crippen molar-refractivity contribution in [2.24, 2.45) is 0 Å². The second-order valence-corrected chi connectivity index (χ2v) is 6.77. The fourth-order valence-corrected chi connectivity index (χ4v) is 3.00. The van der Waals surface area contributed by atoms with Crippen LogP contribution in [0.1, 0.15) is 29.2 Å². The molecule has 0 saturated heterocycles. The average molecular weight is 292 g/mol. The number of carbonyl (C=O) groups excluding carboxylic acids is 1. The minimum absolute atomic E-state index is 0.126. The minimum atomic E-state index is -0.413. The Morgan fingerprint density at radius 3 is 2.58 bits per heavy atom. The summed E-state index contributed by atoms with van der Waals surface area (Å²) in [5, 5.41) is 3.53. The van der Waals surface area contributed by atoms with Crippen molar-refractivity contribution >= 4 is 29.0 Å². The van der Waals surface area contributed by atoms with E-state index in [-0.39, 0.29) is 5.91 Å². The average Bonchev–Trinajstić information content (AvgIpc) is 2.88. The van der Waals surface area contributed by atoms with E-state index in [0.29, 0.717) is 5.01 Å². The van der Waals surface area contributed by atoms with Gasteiger partial charge in [-0.2, -0.15) is 0 Å². The van der Waals surface area contributed by atoms with Gasteiger partial charge in [-0.05, 0) is 25.7 Å². The number of amides is 1. The van der Waals surface area contributed by atoms with E-state index in [0.717, 1.165) is 9.77 Å². The molecule has 0 unspecified atom stereocenters. The topological polar surface area (TPSA) is 42.0 Å². The third-order valence-electron chi connectivity index (χ3n) is 2.80. The van der Waals surface area contributed by atoms with Gasteiger partial charge in [0, 0.05) is 0 Å². The molecule has 0 radical (unpaired) electrons. The molecule has 0 aliphatic carbocycles. The highest BCUT2D eigenvalue weighted by molar-refractivity contribution is 8.00. The molecule has 0 atom stereocenters. The van der Waals surface area contributed by atoms with Crippen LogP contribution < -0.4 is 5.32 Å². The quantitative estimate of drug-likeness (QED) is 0.877. The van der Waals surface area contributed by atoms with Crippen LogP contribution in [-0.4, -0.2) is 17.1 Å². The summed E-state index contributed by atoms with van der Waals surface area (Å²) in [4.78, 5) is 16.3. The van der Waals surface area contributed by atoms with Crippen LogP contribution >= 0.6 is 23.1 Å². The maximum atomic E-state index is 12.2. The number of hydrogen-bond donors (Lipinski definition) is 1. The van der Waals surface area contributed by atoms with Gasteiger partial charge in [0.2, 0.25) is 0 Å². The van der Waals surface area contributed by atoms with E-state index in [1.54, 1.807) is 18.0 Å². The third-order valence-corrected chi connectivity index (χ3v) is 4.85. The summed E-state index contributed by atoms with van der Waals surface area (Å²) in [6, 6.07) is 9.93. The van der Waals surface area contributed by atoms with Crippen LogP contribution in [0.15, 0.2) is 40.7 Å². The first-order valence-corrected chi connectivity index (χ1v) is 7.95. The molecule has 1 heterocycles. The van der Waals surface area contributed by atoms with Crippen molar-refractivity contribution in [3.63, 3.8) is 0 Å². The predicted molar refractivity (Wildman–Crippen MR) is 80.8 cm³/mol. The molecule has 2 rings (SSSR count). The maximum absolute atomic E-state index is 12.2. The Hall–Kier alpha value is -1.33. The van der Waals surface area contributed by atoms with Gasteiger partial charge in [0.25, 0.3) is 5.91 Å². The number of nitrogens with zero attached hydrogens (tertiary/aromatic N) is 1. The Balaban J connectivity index is 2.14. The Morgan fingerprint density at radius 1 is 1.32 bits per heavy atom. The van der Waals surface area contributed by atoms with E-state index in [9.17, 15) is 4.79 Å². The molecule has 0 aliphatic rings. The molecular weight excluding hydrogens is 276 g/mol. The summed E-state index contributed by atoms with van der Waals surface area (Å²) in [7, 11) is 0. The van der Waals surface area contributed by atoms with E-state index in [4.69, 9.17) is 0 Å². The van der Waals surface area contributed by atoms with Crippen LogP contribution in [0, 0.1) is 0 Å². The number of nitrogens with one attached hydrogen (secondary N) is 1. The highest BCUT2D eigenvalue weighted by Crippen LogP contribution is 2.24. The lowest BCUT2D eigenvalue weighted by atomic mass is 9.94. The second kappa shape index (κ2) is 5.75. The van der Waals surface area contributed by atoms with Gasteiger partial charge in [0.05, 0.1) is 15.9 Å². The zero-order valence-electron chi connectivity index (χ0n) is 11.1. The first kappa shape index (κ1) is 14.1. The normalized spacial score (nSPS) is 11.3. The predicted octanol–water partition coefficient (Wildman–Crippen LogP) is 3.53. The second-order valence-electron chi connectivity index (χ2n) is 4.63. The molecule has 3 nitrogen and oxygen atoms in total. The first-order chi connectivity index (χ1) is 9.03. The first-order valence-electron chi connectivity index (χ1n) is 5.91. The third kappa shape index (κ3) is 3.36. The van der Waals surface area contributed by atoms with Gasteiger partial charge < -0.3 is 5.32 Å². The van der Waals surface area contributed by atoms with Crippen molar-refractivity contribution in [3.8, 4) is 0 Å². The highest BCUT2D eigenvalue weighted by Gasteiger charge is 2.24. The van der Waals surface area contributed by atoms with Crippen LogP contribution in [0.2, 0.25) is 0 Å². The molecule has 100 valence electrons. The zero-order chi connectivity index (χ0) is 13.9. The Morgan fingerprint density at radius 2 is 2.00 bits per heavy atom. The molecule has 0 fully saturated rings. The van der Waals surface area contributed by atoms with Crippen LogP contribution in [0.5, 0.6) is 0 Å². The van der Waals surface area contributed by atoms with Gasteiger partial charge in [0.1, 0.15) is 0 Å². The lowest BCUT2D eigenvalue weighted by Gasteiger charge is -2.26. The largest absolute Gasteiger partial charge is 0.341 e. The number of hydrogen-bond acceptors (Lipinski definition) is 4. The monoisotopic (exact) mass is 292 g/mol. The zero-order valence-corrected chi connectivity index (χ0v) is 12.8. The molecular formula is C14H16N2OS2. The van der Waals surface area contributed by atoms with Crippen molar-refractivity contribution in [2.45, 2.75) is 23.6 Å². The SMILES string of the molecule is CSc1cnc(C(=O)NC(C)(C)c2ccccc2)s1. The number of aromatic nitrogens is 1. The molecule has 0 bridgehead atoms. The molecule has 1 aromatic heterocycles. The van der Waals surface area contributed by atoms with E-state index in [2.05, 4.69) is 10.3 Å². The van der Waals surface area contributed by atoms with Crippen molar-refractivity contribution in [3.05, 3.63) is 47.1 Å². The van der Waals surface area contributed by atoms with Crippen molar-refractivity contribution in [2.75, 3.05) is 6.26 Å². The smallest absolute Gasteiger partial charge is 0.280 e. The molecule has 2 aromatic rings. The van der Waals surface area contributed by atoms with Gasteiger partial charge in [-0.25, -0.2) is 4.98 Å². The minimum Gasteiger partial charge on any atom is -0.341 e. The van der Waals surface area contributed by atoms with Gasteiger partial charge in [-0.15, -0.1) is 23.1 Å².